The first-order valence-corrected chi connectivity index (χ1v) is 8.33. The van der Waals surface area contributed by atoms with Gasteiger partial charge in [0.05, 0.1) is 11.3 Å². The molecule has 1 aliphatic rings. The van der Waals surface area contributed by atoms with Gasteiger partial charge in [0.15, 0.2) is 17.3 Å². The van der Waals surface area contributed by atoms with E-state index >= 15 is 0 Å². The van der Waals surface area contributed by atoms with Crippen molar-refractivity contribution in [2.45, 2.75) is 5.22 Å². The zero-order chi connectivity index (χ0) is 17.2. The number of halogens is 1. The van der Waals surface area contributed by atoms with Crippen LogP contribution in [0, 0.1) is 5.82 Å². The number of thioether (sulfide) groups is 1. The van der Waals surface area contributed by atoms with Gasteiger partial charge < -0.3 is 13.9 Å². The molecule has 126 valence electrons. The molecule has 0 spiro atoms. The minimum absolute atomic E-state index is 0.0797. The highest BCUT2D eigenvalue weighted by atomic mass is 32.2. The number of aromatic nitrogens is 2. The Bertz CT molecular complexity index is 944. The second kappa shape index (κ2) is 6.56. The van der Waals surface area contributed by atoms with Crippen LogP contribution in [-0.2, 0) is 0 Å². The Morgan fingerprint density at radius 1 is 1.12 bits per heavy atom. The van der Waals surface area contributed by atoms with Crippen LogP contribution in [0.4, 0.5) is 4.39 Å². The number of Topliss-reactive ketones (excluding diaryl/α,β-unsaturated/α-hetero) is 1. The van der Waals surface area contributed by atoms with Crippen molar-refractivity contribution in [3.8, 4) is 23.0 Å². The molecule has 2 aromatic carbocycles. The molecule has 4 rings (SSSR count). The van der Waals surface area contributed by atoms with Gasteiger partial charge in [-0.1, -0.05) is 23.9 Å². The van der Waals surface area contributed by atoms with Crippen molar-refractivity contribution in [3.05, 3.63) is 53.8 Å². The normalized spacial score (nSPS) is 12.4. The summed E-state index contributed by atoms with van der Waals surface area (Å²) in [6.07, 6.45) is 0. The zero-order valence-corrected chi connectivity index (χ0v) is 13.6. The predicted molar refractivity (Wildman–Crippen MR) is 87.3 cm³/mol. The van der Waals surface area contributed by atoms with Gasteiger partial charge in [-0.3, -0.25) is 4.79 Å². The molecule has 25 heavy (non-hydrogen) atoms. The molecule has 0 saturated carbocycles. The molecule has 0 saturated heterocycles. The lowest BCUT2D eigenvalue weighted by molar-refractivity contribution is 0.102. The molecule has 3 aromatic rings. The number of benzene rings is 2. The predicted octanol–water partition coefficient (Wildman–Crippen LogP) is 3.58. The lowest BCUT2D eigenvalue weighted by Crippen LogP contribution is -2.02. The Labute approximate surface area is 146 Å². The number of carbonyl (C=O) groups excluding carboxylic acids is 1. The largest absolute Gasteiger partial charge is 0.454 e. The molecule has 1 aliphatic heterocycles. The third kappa shape index (κ3) is 3.20. The molecule has 0 aliphatic carbocycles. The molecule has 8 heteroatoms. The summed E-state index contributed by atoms with van der Waals surface area (Å²) in [6, 6.07) is 11.1. The molecule has 1 aromatic heterocycles. The zero-order valence-electron chi connectivity index (χ0n) is 12.8. The van der Waals surface area contributed by atoms with Crippen molar-refractivity contribution in [2.24, 2.45) is 0 Å². The number of ether oxygens (including phenoxy) is 2. The molecular formula is C17H11FN2O4S. The summed E-state index contributed by atoms with van der Waals surface area (Å²) in [4.78, 5) is 12.3. The second-order valence-corrected chi connectivity index (χ2v) is 6.06. The molecule has 0 unspecified atom stereocenters. The minimum Gasteiger partial charge on any atom is -0.454 e. The van der Waals surface area contributed by atoms with Crippen LogP contribution in [0.25, 0.3) is 11.5 Å². The van der Waals surface area contributed by atoms with Crippen molar-refractivity contribution < 1.29 is 23.1 Å². The van der Waals surface area contributed by atoms with Crippen molar-refractivity contribution in [1.29, 1.82) is 0 Å². The summed E-state index contributed by atoms with van der Waals surface area (Å²) in [6.45, 7) is 0.155. The van der Waals surface area contributed by atoms with Gasteiger partial charge in [0, 0.05) is 5.56 Å². The van der Waals surface area contributed by atoms with Gasteiger partial charge >= 0.3 is 0 Å². The van der Waals surface area contributed by atoms with Gasteiger partial charge in [-0.2, -0.15) is 0 Å². The van der Waals surface area contributed by atoms with Crippen LogP contribution in [0.15, 0.2) is 52.1 Å². The van der Waals surface area contributed by atoms with Crippen molar-refractivity contribution in [2.75, 3.05) is 12.5 Å². The van der Waals surface area contributed by atoms with E-state index in [1.165, 1.54) is 6.07 Å². The van der Waals surface area contributed by atoms with Gasteiger partial charge in [0.25, 0.3) is 11.1 Å². The maximum absolute atomic E-state index is 13.7. The monoisotopic (exact) mass is 358 g/mol. The Balaban J connectivity index is 1.43. The number of hydrogen-bond donors (Lipinski definition) is 0. The van der Waals surface area contributed by atoms with Crippen LogP contribution in [-0.4, -0.2) is 28.5 Å². The number of nitrogens with zero attached hydrogens (tertiary/aromatic N) is 2. The van der Waals surface area contributed by atoms with Crippen LogP contribution in [0.3, 0.4) is 0 Å². The van der Waals surface area contributed by atoms with Gasteiger partial charge in [-0.25, -0.2) is 4.39 Å². The number of hydrogen-bond acceptors (Lipinski definition) is 7. The maximum Gasteiger partial charge on any atom is 0.277 e. The van der Waals surface area contributed by atoms with E-state index in [0.717, 1.165) is 11.8 Å². The number of rotatable bonds is 5. The van der Waals surface area contributed by atoms with E-state index in [2.05, 4.69) is 10.2 Å². The lowest BCUT2D eigenvalue weighted by atomic mass is 10.1. The minimum atomic E-state index is -0.445. The number of fused-ring (bicyclic) bond motifs is 1. The van der Waals surface area contributed by atoms with E-state index in [4.69, 9.17) is 13.9 Å². The Hall–Kier alpha value is -2.87. The third-order valence-electron chi connectivity index (χ3n) is 3.53. The fourth-order valence-corrected chi connectivity index (χ4v) is 2.95. The highest BCUT2D eigenvalue weighted by Gasteiger charge is 2.18. The highest BCUT2D eigenvalue weighted by molar-refractivity contribution is 7.99. The van der Waals surface area contributed by atoms with Gasteiger partial charge in [0.2, 0.25) is 6.79 Å². The average Bonchev–Trinajstić information content (AvgIpc) is 3.28. The summed E-state index contributed by atoms with van der Waals surface area (Å²) >= 11 is 1.09. The maximum atomic E-state index is 13.7. The van der Waals surface area contributed by atoms with E-state index in [9.17, 15) is 9.18 Å². The van der Waals surface area contributed by atoms with E-state index < -0.39 is 5.82 Å². The van der Waals surface area contributed by atoms with Gasteiger partial charge in [0.1, 0.15) is 5.82 Å². The molecular weight excluding hydrogens is 347 g/mol. The molecule has 0 N–H and O–H groups in total. The lowest BCUT2D eigenvalue weighted by Gasteiger charge is -2.01. The summed E-state index contributed by atoms with van der Waals surface area (Å²) in [5.74, 6) is 0.800. The van der Waals surface area contributed by atoms with Crippen LogP contribution in [0.2, 0.25) is 0 Å². The topological polar surface area (TPSA) is 74.5 Å². The summed E-state index contributed by atoms with van der Waals surface area (Å²) in [5.41, 5.74) is 0.731. The number of carbonyl (C=O) groups is 1. The van der Waals surface area contributed by atoms with Crippen molar-refractivity contribution in [3.63, 3.8) is 0 Å². The first-order chi connectivity index (χ1) is 12.2. The van der Waals surface area contributed by atoms with Crippen molar-refractivity contribution in [1.82, 2.24) is 10.2 Å². The molecule has 6 nitrogen and oxygen atoms in total. The Kier molecular flexibility index (Phi) is 4.10. The third-order valence-corrected chi connectivity index (χ3v) is 4.35. The first kappa shape index (κ1) is 15.6. The van der Waals surface area contributed by atoms with Crippen LogP contribution in [0.5, 0.6) is 11.5 Å². The molecule has 2 heterocycles. The molecule has 0 bridgehead atoms. The molecule has 0 atom stereocenters. The van der Waals surface area contributed by atoms with E-state index in [1.54, 1.807) is 36.4 Å². The molecule has 0 radical (unpaired) electrons. The standard InChI is InChI=1S/C17H11FN2O4S/c18-12-4-2-1-3-11(12)16-19-20-17(24-16)25-8-13(21)10-5-6-14-15(7-10)23-9-22-14/h1-7H,8-9H2. The van der Waals surface area contributed by atoms with Gasteiger partial charge in [-0.15, -0.1) is 10.2 Å². The number of ketones is 1. The molecule has 0 fully saturated rings. The Morgan fingerprint density at radius 3 is 2.84 bits per heavy atom. The summed E-state index contributed by atoms with van der Waals surface area (Å²) in [7, 11) is 0. The van der Waals surface area contributed by atoms with E-state index in [0.29, 0.717) is 17.1 Å². The average molecular weight is 358 g/mol. The Morgan fingerprint density at radius 2 is 1.96 bits per heavy atom. The van der Waals surface area contributed by atoms with Crippen LogP contribution >= 0.6 is 11.8 Å². The quantitative estimate of drug-likeness (QED) is 0.510. The fraction of sp³-hybridized carbons (Fsp3) is 0.118. The van der Waals surface area contributed by atoms with E-state index in [-0.39, 0.29) is 35.0 Å². The van der Waals surface area contributed by atoms with Crippen LogP contribution < -0.4 is 9.47 Å². The highest BCUT2D eigenvalue weighted by Crippen LogP contribution is 2.33. The fourth-order valence-electron chi connectivity index (χ4n) is 2.29. The van der Waals surface area contributed by atoms with E-state index in [1.807, 2.05) is 0 Å². The summed E-state index contributed by atoms with van der Waals surface area (Å²) in [5, 5.41) is 7.86. The van der Waals surface area contributed by atoms with Gasteiger partial charge in [-0.05, 0) is 30.3 Å². The smallest absolute Gasteiger partial charge is 0.277 e. The second-order valence-electron chi connectivity index (χ2n) is 5.13. The molecule has 0 amide bonds. The van der Waals surface area contributed by atoms with Crippen LogP contribution in [0.1, 0.15) is 10.4 Å². The first-order valence-electron chi connectivity index (χ1n) is 7.35. The summed E-state index contributed by atoms with van der Waals surface area (Å²) < 4.78 is 29.6. The van der Waals surface area contributed by atoms with Crippen molar-refractivity contribution >= 4 is 17.5 Å². The SMILES string of the molecule is O=C(CSc1nnc(-c2ccccc2F)o1)c1ccc2c(c1)OCO2.